The number of hydrogen-bond donors (Lipinski definition) is 3. The molecule has 2 heterocycles. The summed E-state index contributed by atoms with van der Waals surface area (Å²) in [5, 5.41) is 6.40. The molecule has 1 aromatic rings. The Hall–Kier alpha value is -2.51. The first-order valence-electron chi connectivity index (χ1n) is 7.67. The van der Waals surface area contributed by atoms with Crippen molar-refractivity contribution in [2.24, 2.45) is 10.7 Å². The van der Waals surface area contributed by atoms with E-state index in [1.54, 1.807) is 19.2 Å². The van der Waals surface area contributed by atoms with Gasteiger partial charge in [0.1, 0.15) is 5.76 Å². The van der Waals surface area contributed by atoms with Crippen LogP contribution >= 0.6 is 0 Å². The molecule has 1 aliphatic heterocycles. The van der Waals surface area contributed by atoms with Crippen molar-refractivity contribution in [1.29, 1.82) is 0 Å². The van der Waals surface area contributed by atoms with E-state index in [1.807, 2.05) is 11.8 Å². The fourth-order valence-corrected chi connectivity index (χ4v) is 2.49. The lowest BCUT2D eigenvalue weighted by Gasteiger charge is -2.18. The minimum atomic E-state index is -0.592. The first-order chi connectivity index (χ1) is 11.0. The minimum Gasteiger partial charge on any atom is -0.454 e. The molecule has 4 N–H and O–H groups in total. The van der Waals surface area contributed by atoms with Crippen LogP contribution in [0.2, 0.25) is 0 Å². The number of aliphatic imine (C=N–C) groups is 1. The second kappa shape index (κ2) is 7.66. The Morgan fingerprint density at radius 1 is 1.48 bits per heavy atom. The first-order valence-corrected chi connectivity index (χ1v) is 7.67. The van der Waals surface area contributed by atoms with Crippen LogP contribution in [0.3, 0.4) is 0 Å². The predicted octanol–water partition coefficient (Wildman–Crippen LogP) is 0.0544. The number of guanidine groups is 1. The van der Waals surface area contributed by atoms with E-state index in [1.165, 1.54) is 0 Å². The summed E-state index contributed by atoms with van der Waals surface area (Å²) >= 11 is 0. The number of nitrogens with zero attached hydrogens (tertiary/aromatic N) is 2. The molecule has 0 aromatic carbocycles. The molecule has 1 aliphatic rings. The Morgan fingerprint density at radius 2 is 2.26 bits per heavy atom. The van der Waals surface area contributed by atoms with E-state index in [4.69, 9.17) is 10.2 Å². The molecule has 1 atom stereocenters. The molecular formula is C15H23N5O3. The van der Waals surface area contributed by atoms with Crippen LogP contribution in [0.4, 0.5) is 0 Å². The van der Waals surface area contributed by atoms with Gasteiger partial charge in [-0.15, -0.1) is 0 Å². The second-order valence-electron chi connectivity index (χ2n) is 5.38. The highest BCUT2D eigenvalue weighted by Crippen LogP contribution is 2.10. The van der Waals surface area contributed by atoms with Crippen LogP contribution in [0.15, 0.2) is 21.5 Å². The van der Waals surface area contributed by atoms with Crippen molar-refractivity contribution in [2.75, 3.05) is 20.1 Å². The molecule has 0 saturated carbocycles. The zero-order valence-electron chi connectivity index (χ0n) is 13.5. The SMILES string of the molecule is CCC(=O)N1CCC(NC(=NC)NCc2ccc(C(N)=O)o2)C1. The zero-order valence-corrected chi connectivity index (χ0v) is 13.5. The van der Waals surface area contributed by atoms with Gasteiger partial charge < -0.3 is 25.7 Å². The summed E-state index contributed by atoms with van der Waals surface area (Å²) in [6, 6.07) is 3.41. The Morgan fingerprint density at radius 3 is 2.87 bits per heavy atom. The van der Waals surface area contributed by atoms with E-state index < -0.39 is 5.91 Å². The molecule has 8 nitrogen and oxygen atoms in total. The van der Waals surface area contributed by atoms with Crippen molar-refractivity contribution >= 4 is 17.8 Å². The average Bonchev–Trinajstić information content (AvgIpc) is 3.19. The summed E-state index contributed by atoms with van der Waals surface area (Å²) in [5.41, 5.74) is 5.15. The summed E-state index contributed by atoms with van der Waals surface area (Å²) in [6.45, 7) is 3.70. The number of nitrogens with two attached hydrogens (primary N) is 1. The third-order valence-electron chi connectivity index (χ3n) is 3.74. The van der Waals surface area contributed by atoms with E-state index in [0.717, 1.165) is 13.0 Å². The van der Waals surface area contributed by atoms with E-state index in [0.29, 0.717) is 31.2 Å². The predicted molar refractivity (Wildman–Crippen MR) is 85.8 cm³/mol. The number of hydrogen-bond acceptors (Lipinski definition) is 4. The van der Waals surface area contributed by atoms with Gasteiger partial charge in [0, 0.05) is 32.6 Å². The van der Waals surface area contributed by atoms with Gasteiger partial charge in [0.25, 0.3) is 5.91 Å². The molecule has 2 amide bonds. The summed E-state index contributed by atoms with van der Waals surface area (Å²) in [7, 11) is 1.68. The second-order valence-corrected chi connectivity index (χ2v) is 5.38. The summed E-state index contributed by atoms with van der Waals surface area (Å²) < 4.78 is 5.30. The molecule has 0 spiro atoms. The van der Waals surface area contributed by atoms with E-state index in [2.05, 4.69) is 15.6 Å². The molecule has 126 valence electrons. The third kappa shape index (κ3) is 4.48. The van der Waals surface area contributed by atoms with Crippen molar-refractivity contribution in [1.82, 2.24) is 15.5 Å². The Balaban J connectivity index is 1.82. The van der Waals surface area contributed by atoms with Crippen LogP contribution in [0.1, 0.15) is 36.1 Å². The smallest absolute Gasteiger partial charge is 0.284 e. The maximum absolute atomic E-state index is 11.7. The van der Waals surface area contributed by atoms with Gasteiger partial charge >= 0.3 is 0 Å². The van der Waals surface area contributed by atoms with Crippen molar-refractivity contribution in [2.45, 2.75) is 32.4 Å². The summed E-state index contributed by atoms with van der Waals surface area (Å²) in [5.74, 6) is 0.931. The molecule has 2 rings (SSSR count). The highest BCUT2D eigenvalue weighted by Gasteiger charge is 2.25. The van der Waals surface area contributed by atoms with Crippen LogP contribution in [0.25, 0.3) is 0 Å². The van der Waals surface area contributed by atoms with Crippen LogP contribution in [0, 0.1) is 0 Å². The molecule has 0 radical (unpaired) electrons. The van der Waals surface area contributed by atoms with Gasteiger partial charge in [-0.1, -0.05) is 6.92 Å². The number of furan rings is 1. The molecule has 1 fully saturated rings. The third-order valence-corrected chi connectivity index (χ3v) is 3.74. The van der Waals surface area contributed by atoms with Gasteiger partial charge in [-0.3, -0.25) is 14.6 Å². The van der Waals surface area contributed by atoms with E-state index in [-0.39, 0.29) is 17.7 Å². The van der Waals surface area contributed by atoms with Crippen molar-refractivity contribution < 1.29 is 14.0 Å². The molecule has 8 heteroatoms. The minimum absolute atomic E-state index is 0.134. The maximum atomic E-state index is 11.7. The van der Waals surface area contributed by atoms with Gasteiger partial charge in [0.05, 0.1) is 6.54 Å². The Labute approximate surface area is 135 Å². The van der Waals surface area contributed by atoms with Gasteiger partial charge in [-0.05, 0) is 18.6 Å². The van der Waals surface area contributed by atoms with E-state index >= 15 is 0 Å². The highest BCUT2D eigenvalue weighted by atomic mass is 16.3. The monoisotopic (exact) mass is 321 g/mol. The molecule has 23 heavy (non-hydrogen) atoms. The Bertz CT molecular complexity index is 596. The molecular weight excluding hydrogens is 298 g/mol. The average molecular weight is 321 g/mol. The number of amides is 2. The Kier molecular flexibility index (Phi) is 5.61. The van der Waals surface area contributed by atoms with Gasteiger partial charge in [-0.25, -0.2) is 0 Å². The lowest BCUT2D eigenvalue weighted by atomic mass is 10.3. The fraction of sp³-hybridized carbons (Fsp3) is 0.533. The van der Waals surface area contributed by atoms with Crippen LogP contribution < -0.4 is 16.4 Å². The fourth-order valence-electron chi connectivity index (χ4n) is 2.49. The summed E-state index contributed by atoms with van der Waals surface area (Å²) in [4.78, 5) is 28.7. The maximum Gasteiger partial charge on any atom is 0.284 e. The molecule has 0 aliphatic carbocycles. The molecule has 1 saturated heterocycles. The number of primary amides is 1. The lowest BCUT2D eigenvalue weighted by Crippen LogP contribution is -2.44. The summed E-state index contributed by atoms with van der Waals surface area (Å²) in [6.07, 6.45) is 1.42. The van der Waals surface area contributed by atoms with Crippen LogP contribution in [0.5, 0.6) is 0 Å². The standard InChI is InChI=1S/C15H23N5O3/c1-3-13(21)20-7-6-10(9-20)19-15(17-2)18-8-11-4-5-12(23-11)14(16)22/h4-5,10H,3,6-9H2,1-2H3,(H2,16,22)(H2,17,18,19). The van der Waals surface area contributed by atoms with Crippen molar-refractivity contribution in [3.8, 4) is 0 Å². The first kappa shape index (κ1) is 16.9. The molecule has 1 unspecified atom stereocenters. The van der Waals surface area contributed by atoms with Gasteiger partial charge in [-0.2, -0.15) is 0 Å². The number of rotatable bonds is 5. The quantitative estimate of drug-likeness (QED) is 0.524. The highest BCUT2D eigenvalue weighted by molar-refractivity contribution is 5.89. The van der Waals surface area contributed by atoms with Crippen LogP contribution in [-0.4, -0.2) is 48.9 Å². The lowest BCUT2D eigenvalue weighted by molar-refractivity contribution is -0.129. The van der Waals surface area contributed by atoms with Crippen LogP contribution in [-0.2, 0) is 11.3 Å². The zero-order chi connectivity index (χ0) is 16.8. The van der Waals surface area contributed by atoms with Crippen molar-refractivity contribution in [3.05, 3.63) is 23.7 Å². The van der Waals surface area contributed by atoms with E-state index in [9.17, 15) is 9.59 Å². The number of carbonyl (C=O) groups is 2. The van der Waals surface area contributed by atoms with Crippen molar-refractivity contribution in [3.63, 3.8) is 0 Å². The topological polar surface area (TPSA) is 113 Å². The van der Waals surface area contributed by atoms with Gasteiger partial charge in [0.2, 0.25) is 5.91 Å². The molecule has 1 aromatic heterocycles. The van der Waals surface area contributed by atoms with Gasteiger partial charge in [0.15, 0.2) is 11.7 Å². The molecule has 0 bridgehead atoms. The largest absolute Gasteiger partial charge is 0.454 e. The number of carbonyl (C=O) groups excluding carboxylic acids is 2. The number of nitrogens with one attached hydrogen (secondary N) is 2. The number of likely N-dealkylation sites (tertiary alicyclic amines) is 1. The normalized spacial score (nSPS) is 18.1.